The first kappa shape index (κ1) is 26.1. The van der Waals surface area contributed by atoms with Crippen LogP contribution in [0.15, 0.2) is 72.8 Å². The minimum absolute atomic E-state index is 0.101. The topological polar surface area (TPSA) is 52.6 Å². The molecule has 0 heterocycles. The van der Waals surface area contributed by atoms with Crippen LogP contribution in [-0.4, -0.2) is 33.8 Å². The van der Waals surface area contributed by atoms with Crippen molar-refractivity contribution >= 4 is 30.4 Å². The maximum Gasteiger partial charge on any atom is 0.330 e. The van der Waals surface area contributed by atoms with E-state index in [4.69, 9.17) is 4.43 Å². The molecule has 0 radical (unpaired) electrons. The van der Waals surface area contributed by atoms with E-state index in [9.17, 15) is 9.59 Å². The molecular formula is C29H38O4Si. The Balaban J connectivity index is 1.89. The number of hydrogen-bond donors (Lipinski definition) is 0. The second-order valence-electron chi connectivity index (χ2n) is 10.5. The number of carbonyl (C=O) groups excluding carboxylic acids is 2. The van der Waals surface area contributed by atoms with Gasteiger partial charge in [-0.2, -0.15) is 0 Å². The Hall–Kier alpha value is -2.50. The average molecular weight is 479 g/mol. The Morgan fingerprint density at radius 3 is 1.94 bits per heavy atom. The molecule has 34 heavy (non-hydrogen) atoms. The van der Waals surface area contributed by atoms with E-state index in [1.165, 1.54) is 23.6 Å². The standard InChI is InChI=1S/C29H38O4Si/c1-22(30)29(5)25(19-13-14-20-27(31)32-6)26(29)21-33-34(28(2,3)4,23-15-9-7-10-16-23)24-17-11-8-12-18-24/h7-12,14-18,20,25-26H,13,19,21H2,1-6H3/b20-14+/t25-,26-,29-/m0/s1. The highest BCUT2D eigenvalue weighted by atomic mass is 28.4. The summed E-state index contributed by atoms with van der Waals surface area (Å²) < 4.78 is 11.8. The third kappa shape index (κ3) is 4.96. The fraction of sp³-hybridized carbons (Fsp3) is 0.448. The molecule has 0 saturated heterocycles. The van der Waals surface area contributed by atoms with Crippen LogP contribution in [0.4, 0.5) is 0 Å². The third-order valence-corrected chi connectivity index (χ3v) is 12.7. The second kappa shape index (κ2) is 10.4. The van der Waals surface area contributed by atoms with Crippen molar-refractivity contribution < 1.29 is 18.8 Å². The molecule has 0 unspecified atom stereocenters. The van der Waals surface area contributed by atoms with Gasteiger partial charge >= 0.3 is 5.97 Å². The summed E-state index contributed by atoms with van der Waals surface area (Å²) in [6, 6.07) is 21.2. The molecule has 1 aliphatic rings. The van der Waals surface area contributed by atoms with Gasteiger partial charge in [0.25, 0.3) is 8.32 Å². The first-order valence-electron chi connectivity index (χ1n) is 12.1. The Morgan fingerprint density at radius 1 is 0.971 bits per heavy atom. The summed E-state index contributed by atoms with van der Waals surface area (Å²) in [7, 11) is -1.27. The van der Waals surface area contributed by atoms with Crippen molar-refractivity contribution in [1.29, 1.82) is 0 Å². The van der Waals surface area contributed by atoms with E-state index < -0.39 is 8.32 Å². The van der Waals surface area contributed by atoms with Gasteiger partial charge in [0.15, 0.2) is 0 Å². The Bertz CT molecular complexity index is 970. The van der Waals surface area contributed by atoms with Gasteiger partial charge in [-0.15, -0.1) is 0 Å². The first-order valence-corrected chi connectivity index (χ1v) is 14.0. The lowest BCUT2D eigenvalue weighted by atomic mass is 9.98. The highest BCUT2D eigenvalue weighted by Crippen LogP contribution is 2.61. The molecule has 0 amide bonds. The lowest BCUT2D eigenvalue weighted by Crippen LogP contribution is -2.66. The molecular weight excluding hydrogens is 440 g/mol. The number of ether oxygens (including phenoxy) is 1. The Kier molecular flexibility index (Phi) is 7.99. The summed E-state index contributed by atoms with van der Waals surface area (Å²) in [5.74, 6) is 0.269. The number of rotatable bonds is 10. The summed E-state index contributed by atoms with van der Waals surface area (Å²) in [6.45, 7) is 11.1. The van der Waals surface area contributed by atoms with Crippen molar-refractivity contribution in [3.63, 3.8) is 0 Å². The van der Waals surface area contributed by atoms with Gasteiger partial charge < -0.3 is 9.16 Å². The minimum atomic E-state index is -2.64. The molecule has 2 aromatic rings. The quantitative estimate of drug-likeness (QED) is 0.276. The van der Waals surface area contributed by atoms with Crippen molar-refractivity contribution in [2.24, 2.45) is 17.3 Å². The molecule has 2 aromatic carbocycles. The molecule has 3 atom stereocenters. The minimum Gasteiger partial charge on any atom is -0.466 e. The van der Waals surface area contributed by atoms with Crippen LogP contribution in [0.2, 0.25) is 5.04 Å². The zero-order valence-electron chi connectivity index (χ0n) is 21.3. The number of carbonyl (C=O) groups is 2. The van der Waals surface area contributed by atoms with Crippen molar-refractivity contribution in [3.05, 3.63) is 72.8 Å². The van der Waals surface area contributed by atoms with Crippen LogP contribution in [0.3, 0.4) is 0 Å². The lowest BCUT2D eigenvalue weighted by Gasteiger charge is -2.43. The zero-order valence-corrected chi connectivity index (χ0v) is 22.3. The van der Waals surface area contributed by atoms with Crippen LogP contribution in [0.25, 0.3) is 0 Å². The number of allylic oxidation sites excluding steroid dienone is 1. The van der Waals surface area contributed by atoms with Gasteiger partial charge in [-0.25, -0.2) is 4.79 Å². The summed E-state index contributed by atoms with van der Waals surface area (Å²) in [5.41, 5.74) is -0.384. The van der Waals surface area contributed by atoms with Gasteiger partial charge in [0, 0.05) is 18.1 Å². The molecule has 0 aliphatic heterocycles. The van der Waals surface area contributed by atoms with Crippen LogP contribution in [-0.2, 0) is 18.8 Å². The molecule has 0 bridgehead atoms. The van der Waals surface area contributed by atoms with Crippen molar-refractivity contribution in [1.82, 2.24) is 0 Å². The van der Waals surface area contributed by atoms with Crippen LogP contribution in [0.5, 0.6) is 0 Å². The van der Waals surface area contributed by atoms with Gasteiger partial charge in [0.05, 0.1) is 7.11 Å². The number of ketones is 1. The third-order valence-electron chi connectivity index (χ3n) is 7.67. The smallest absolute Gasteiger partial charge is 0.330 e. The van der Waals surface area contributed by atoms with E-state index in [2.05, 4.69) is 81.0 Å². The SMILES string of the molecule is COC(=O)/C=C/CC[C@H]1[C@H](CO[Si](c2ccccc2)(c2ccccc2)C(C)(C)C)[C@@]1(C)C(C)=O. The molecule has 182 valence electrons. The van der Waals surface area contributed by atoms with Crippen LogP contribution in [0, 0.1) is 17.3 Å². The summed E-state index contributed by atoms with van der Waals surface area (Å²) in [5, 5.41) is 2.39. The maximum absolute atomic E-state index is 12.7. The van der Waals surface area contributed by atoms with E-state index in [0.717, 1.165) is 12.8 Å². The molecule has 3 rings (SSSR count). The van der Waals surface area contributed by atoms with Gasteiger partial charge in [-0.3, -0.25) is 4.79 Å². The number of esters is 1. The van der Waals surface area contributed by atoms with Crippen LogP contribution >= 0.6 is 0 Å². The molecule has 1 aliphatic carbocycles. The lowest BCUT2D eigenvalue weighted by molar-refractivity contribution is -0.134. The summed E-state index contributed by atoms with van der Waals surface area (Å²) in [6.07, 6.45) is 4.88. The monoisotopic (exact) mass is 478 g/mol. The van der Waals surface area contributed by atoms with Gasteiger partial charge in [0.2, 0.25) is 0 Å². The van der Waals surface area contributed by atoms with Crippen molar-refractivity contribution in [2.45, 2.75) is 52.5 Å². The van der Waals surface area contributed by atoms with E-state index in [-0.39, 0.29) is 34.0 Å². The normalized spacial score (nSPS) is 22.5. The zero-order chi connectivity index (χ0) is 25.0. The van der Waals surface area contributed by atoms with E-state index >= 15 is 0 Å². The fourth-order valence-corrected chi connectivity index (χ4v) is 10.1. The number of benzene rings is 2. The Morgan fingerprint density at radius 2 is 1.50 bits per heavy atom. The Labute approximate surface area is 205 Å². The fourth-order valence-electron chi connectivity index (χ4n) is 5.51. The average Bonchev–Trinajstić information content (AvgIpc) is 3.41. The molecule has 4 nitrogen and oxygen atoms in total. The van der Waals surface area contributed by atoms with Crippen LogP contribution in [0.1, 0.15) is 47.5 Å². The number of hydrogen-bond acceptors (Lipinski definition) is 4. The number of Topliss-reactive ketones (excluding diaryl/α,β-unsaturated/α-hetero) is 1. The van der Waals surface area contributed by atoms with E-state index in [0.29, 0.717) is 6.61 Å². The molecule has 0 N–H and O–H groups in total. The van der Waals surface area contributed by atoms with Gasteiger partial charge in [0.1, 0.15) is 5.78 Å². The van der Waals surface area contributed by atoms with Gasteiger partial charge in [-0.1, -0.05) is 94.4 Å². The van der Waals surface area contributed by atoms with Crippen molar-refractivity contribution in [2.75, 3.05) is 13.7 Å². The highest BCUT2D eigenvalue weighted by molar-refractivity contribution is 6.99. The van der Waals surface area contributed by atoms with Crippen molar-refractivity contribution in [3.8, 4) is 0 Å². The first-order chi connectivity index (χ1) is 16.1. The van der Waals surface area contributed by atoms with Gasteiger partial charge in [-0.05, 0) is 47.0 Å². The maximum atomic E-state index is 12.7. The molecule has 1 saturated carbocycles. The predicted octanol–water partition coefficient (Wildman–Crippen LogP) is 4.91. The largest absolute Gasteiger partial charge is 0.466 e. The molecule has 0 aromatic heterocycles. The van der Waals surface area contributed by atoms with Crippen LogP contribution < -0.4 is 10.4 Å². The predicted molar refractivity (Wildman–Crippen MR) is 140 cm³/mol. The second-order valence-corrected chi connectivity index (χ2v) is 14.8. The molecule has 1 fully saturated rings. The summed E-state index contributed by atoms with van der Waals surface area (Å²) >= 11 is 0. The molecule has 5 heteroatoms. The highest BCUT2D eigenvalue weighted by Gasteiger charge is 2.64. The summed E-state index contributed by atoms with van der Waals surface area (Å²) in [4.78, 5) is 24.0. The van der Waals surface area contributed by atoms with E-state index in [1.54, 1.807) is 6.92 Å². The number of methoxy groups -OCH3 is 1. The van der Waals surface area contributed by atoms with E-state index in [1.807, 2.05) is 18.2 Å². The molecule has 0 spiro atoms.